The number of anilines is 1. The lowest BCUT2D eigenvalue weighted by Gasteiger charge is -2.16. The Morgan fingerprint density at radius 1 is 0.886 bits per heavy atom. The molecule has 0 saturated heterocycles. The number of methoxy groups -OCH3 is 2. The number of carbonyl (C=O) groups is 3. The molecular formula is C27H21ClN2O5. The van der Waals surface area contributed by atoms with Crippen molar-refractivity contribution in [1.29, 1.82) is 0 Å². The van der Waals surface area contributed by atoms with Crippen molar-refractivity contribution in [3.05, 3.63) is 94.0 Å². The fourth-order valence-electron chi connectivity index (χ4n) is 3.85. The molecule has 0 radical (unpaired) electrons. The van der Waals surface area contributed by atoms with E-state index in [4.69, 9.17) is 26.1 Å². The molecule has 0 spiro atoms. The van der Waals surface area contributed by atoms with Crippen LogP contribution in [0, 0.1) is 6.92 Å². The Kier molecular flexibility index (Phi) is 6.80. The first kappa shape index (κ1) is 23.9. The zero-order valence-electron chi connectivity index (χ0n) is 19.2. The van der Waals surface area contributed by atoms with Gasteiger partial charge in [0.2, 0.25) is 0 Å². The van der Waals surface area contributed by atoms with Crippen molar-refractivity contribution in [2.24, 2.45) is 0 Å². The minimum atomic E-state index is -0.658. The summed E-state index contributed by atoms with van der Waals surface area (Å²) in [7, 11) is 2.49. The molecule has 176 valence electrons. The average molecular weight is 489 g/mol. The van der Waals surface area contributed by atoms with E-state index in [2.05, 4.69) is 5.32 Å². The van der Waals surface area contributed by atoms with Crippen molar-refractivity contribution in [1.82, 2.24) is 4.98 Å². The second-order valence-electron chi connectivity index (χ2n) is 7.68. The van der Waals surface area contributed by atoms with E-state index in [9.17, 15) is 14.4 Å². The van der Waals surface area contributed by atoms with E-state index in [1.807, 2.05) is 43.3 Å². The zero-order valence-corrected chi connectivity index (χ0v) is 20.0. The topological polar surface area (TPSA) is 94.6 Å². The van der Waals surface area contributed by atoms with Crippen molar-refractivity contribution in [2.75, 3.05) is 19.5 Å². The number of carbonyl (C=O) groups excluding carboxylic acids is 3. The monoisotopic (exact) mass is 488 g/mol. The molecule has 35 heavy (non-hydrogen) atoms. The molecule has 1 N–H and O–H groups in total. The van der Waals surface area contributed by atoms with Gasteiger partial charge in [0.25, 0.3) is 5.91 Å². The van der Waals surface area contributed by atoms with Gasteiger partial charge in [0.05, 0.1) is 47.8 Å². The molecule has 4 aromatic rings. The van der Waals surface area contributed by atoms with Crippen LogP contribution in [0.5, 0.6) is 0 Å². The summed E-state index contributed by atoms with van der Waals surface area (Å²) in [5, 5.41) is 4.02. The first-order valence-electron chi connectivity index (χ1n) is 10.6. The lowest BCUT2D eigenvalue weighted by Crippen LogP contribution is -2.18. The number of pyridine rings is 1. The Bertz CT molecular complexity index is 1460. The lowest BCUT2D eigenvalue weighted by atomic mass is 9.97. The van der Waals surface area contributed by atoms with Crippen LogP contribution >= 0.6 is 11.6 Å². The quantitative estimate of drug-likeness (QED) is 0.363. The number of para-hydroxylation sites is 1. The maximum absolute atomic E-state index is 13.7. The molecule has 0 unspecified atom stereocenters. The number of hydrogen-bond donors (Lipinski definition) is 1. The van der Waals surface area contributed by atoms with Crippen LogP contribution in [0.4, 0.5) is 5.69 Å². The molecule has 0 atom stereocenters. The number of esters is 2. The van der Waals surface area contributed by atoms with Crippen molar-refractivity contribution in [2.45, 2.75) is 6.92 Å². The minimum absolute atomic E-state index is 0.0995. The highest BCUT2D eigenvalue weighted by atomic mass is 35.5. The Hall–Kier alpha value is -4.23. The number of fused-ring (bicyclic) bond motifs is 1. The maximum atomic E-state index is 13.7. The molecular weight excluding hydrogens is 468 g/mol. The second kappa shape index (κ2) is 9.95. The Morgan fingerprint density at radius 3 is 2.26 bits per heavy atom. The number of nitrogens with one attached hydrogen (secondary N) is 1. The fraction of sp³-hybridized carbons (Fsp3) is 0.111. The van der Waals surface area contributed by atoms with Crippen LogP contribution < -0.4 is 5.32 Å². The summed E-state index contributed by atoms with van der Waals surface area (Å²) in [5.74, 6) is -1.73. The summed E-state index contributed by atoms with van der Waals surface area (Å²) in [6, 6.07) is 18.7. The van der Waals surface area contributed by atoms with Crippen molar-refractivity contribution >= 4 is 46.0 Å². The van der Waals surface area contributed by atoms with Gasteiger partial charge in [-0.25, -0.2) is 14.6 Å². The van der Waals surface area contributed by atoms with Gasteiger partial charge < -0.3 is 14.8 Å². The van der Waals surface area contributed by atoms with Crippen LogP contribution in [-0.4, -0.2) is 37.0 Å². The number of nitrogens with zero attached hydrogens (tertiary/aromatic N) is 1. The van der Waals surface area contributed by atoms with Gasteiger partial charge in [0.15, 0.2) is 0 Å². The third-order valence-corrected chi connectivity index (χ3v) is 5.83. The van der Waals surface area contributed by atoms with E-state index in [0.29, 0.717) is 32.7 Å². The predicted octanol–water partition coefficient (Wildman–Crippen LogP) is 5.69. The number of ether oxygens (including phenoxy) is 2. The van der Waals surface area contributed by atoms with Gasteiger partial charge >= 0.3 is 11.9 Å². The van der Waals surface area contributed by atoms with Crippen LogP contribution in [0.2, 0.25) is 5.02 Å². The van der Waals surface area contributed by atoms with Gasteiger partial charge in [-0.15, -0.1) is 0 Å². The smallest absolute Gasteiger partial charge is 0.339 e. The average Bonchev–Trinajstić information content (AvgIpc) is 2.87. The molecule has 1 amide bonds. The van der Waals surface area contributed by atoms with Crippen LogP contribution in [0.1, 0.15) is 36.6 Å². The highest BCUT2D eigenvalue weighted by molar-refractivity contribution is 6.30. The van der Waals surface area contributed by atoms with Crippen LogP contribution in [0.3, 0.4) is 0 Å². The van der Waals surface area contributed by atoms with Gasteiger partial charge in [-0.2, -0.15) is 0 Å². The molecule has 1 aromatic heterocycles. The standard InChI is InChI=1S/C27H21ClN2O5/c1-15-23(19-6-4-5-7-21(19)29-24(15)16-8-11-18(28)12-9-16)25(31)30-22-14-17(26(32)34-2)10-13-20(22)27(33)35-3/h4-14H,1-3H3,(H,30,31). The number of rotatable bonds is 5. The summed E-state index contributed by atoms with van der Waals surface area (Å²) in [6.45, 7) is 1.81. The van der Waals surface area contributed by atoms with Gasteiger partial charge in [0.1, 0.15) is 0 Å². The summed E-state index contributed by atoms with van der Waals surface area (Å²) < 4.78 is 9.62. The number of halogens is 1. The summed E-state index contributed by atoms with van der Waals surface area (Å²) in [5.41, 5.74) is 3.49. The SMILES string of the molecule is COC(=O)c1ccc(C(=O)OC)c(NC(=O)c2c(C)c(-c3ccc(Cl)cc3)nc3ccccc23)c1. The molecule has 3 aromatic carbocycles. The molecule has 0 bridgehead atoms. The largest absolute Gasteiger partial charge is 0.465 e. The normalized spacial score (nSPS) is 10.6. The van der Waals surface area contributed by atoms with E-state index in [1.165, 1.54) is 32.4 Å². The molecule has 4 rings (SSSR count). The maximum Gasteiger partial charge on any atom is 0.339 e. The third-order valence-electron chi connectivity index (χ3n) is 5.57. The molecule has 0 aliphatic rings. The molecule has 8 heteroatoms. The summed E-state index contributed by atoms with van der Waals surface area (Å²) in [4.78, 5) is 42.8. The molecule has 0 aliphatic carbocycles. The fourth-order valence-corrected chi connectivity index (χ4v) is 3.98. The van der Waals surface area contributed by atoms with Gasteiger partial charge in [0, 0.05) is 16.0 Å². The van der Waals surface area contributed by atoms with Crippen LogP contribution in [0.25, 0.3) is 22.2 Å². The first-order valence-corrected chi connectivity index (χ1v) is 11.0. The molecule has 0 aliphatic heterocycles. The molecule has 1 heterocycles. The highest BCUT2D eigenvalue weighted by Gasteiger charge is 2.22. The van der Waals surface area contributed by atoms with Crippen molar-refractivity contribution in [3.8, 4) is 11.3 Å². The lowest BCUT2D eigenvalue weighted by molar-refractivity contribution is 0.0587. The van der Waals surface area contributed by atoms with E-state index in [-0.39, 0.29) is 16.8 Å². The van der Waals surface area contributed by atoms with E-state index < -0.39 is 17.8 Å². The predicted molar refractivity (Wildman–Crippen MR) is 134 cm³/mol. The summed E-state index contributed by atoms with van der Waals surface area (Å²) >= 11 is 6.05. The Labute approximate surface area is 206 Å². The van der Waals surface area contributed by atoms with E-state index in [0.717, 1.165) is 5.56 Å². The van der Waals surface area contributed by atoms with Gasteiger partial charge in [-0.3, -0.25) is 4.79 Å². The van der Waals surface area contributed by atoms with Gasteiger partial charge in [-0.1, -0.05) is 41.9 Å². The number of aromatic nitrogens is 1. The second-order valence-corrected chi connectivity index (χ2v) is 8.12. The molecule has 0 saturated carbocycles. The third kappa shape index (κ3) is 4.72. The molecule has 7 nitrogen and oxygen atoms in total. The summed E-state index contributed by atoms with van der Waals surface area (Å²) in [6.07, 6.45) is 0. The number of amides is 1. The Balaban J connectivity index is 1.86. The zero-order chi connectivity index (χ0) is 25.1. The van der Waals surface area contributed by atoms with E-state index in [1.54, 1.807) is 12.1 Å². The highest BCUT2D eigenvalue weighted by Crippen LogP contribution is 2.31. The van der Waals surface area contributed by atoms with Crippen molar-refractivity contribution < 1.29 is 23.9 Å². The number of hydrogen-bond acceptors (Lipinski definition) is 6. The van der Waals surface area contributed by atoms with Crippen molar-refractivity contribution in [3.63, 3.8) is 0 Å². The Morgan fingerprint density at radius 2 is 1.57 bits per heavy atom. The van der Waals surface area contributed by atoms with E-state index >= 15 is 0 Å². The first-order chi connectivity index (χ1) is 16.8. The van der Waals surface area contributed by atoms with Gasteiger partial charge in [-0.05, 0) is 48.9 Å². The number of benzene rings is 3. The van der Waals surface area contributed by atoms with Crippen LogP contribution in [-0.2, 0) is 9.47 Å². The molecule has 0 fully saturated rings. The van der Waals surface area contributed by atoms with Crippen LogP contribution in [0.15, 0.2) is 66.7 Å². The minimum Gasteiger partial charge on any atom is -0.465 e.